The second-order valence-corrected chi connectivity index (χ2v) is 5.65. The molecule has 0 unspecified atom stereocenters. The van der Waals surface area contributed by atoms with Crippen molar-refractivity contribution in [2.75, 3.05) is 5.32 Å². The highest BCUT2D eigenvalue weighted by atomic mass is 16.1. The summed E-state index contributed by atoms with van der Waals surface area (Å²) < 4.78 is 0. The van der Waals surface area contributed by atoms with Crippen molar-refractivity contribution < 1.29 is 4.79 Å². The lowest BCUT2D eigenvalue weighted by molar-refractivity contribution is 0.0946. The Kier molecular flexibility index (Phi) is 5.36. The van der Waals surface area contributed by atoms with Crippen LogP contribution in [0.4, 0.5) is 11.4 Å². The largest absolute Gasteiger partial charge is 0.355 e. The van der Waals surface area contributed by atoms with E-state index in [4.69, 9.17) is 0 Å². The van der Waals surface area contributed by atoms with E-state index in [1.165, 1.54) is 5.56 Å². The Morgan fingerprint density at radius 2 is 1.84 bits per heavy atom. The molecule has 1 aromatic carbocycles. The van der Waals surface area contributed by atoms with Crippen LogP contribution < -0.4 is 10.6 Å². The first-order valence-electron chi connectivity index (χ1n) is 8.23. The van der Waals surface area contributed by atoms with Gasteiger partial charge in [0, 0.05) is 36.5 Å². The van der Waals surface area contributed by atoms with E-state index in [2.05, 4.69) is 39.7 Å². The zero-order valence-corrected chi connectivity index (χ0v) is 14.1. The van der Waals surface area contributed by atoms with E-state index in [1.807, 2.05) is 30.3 Å². The van der Waals surface area contributed by atoms with Gasteiger partial charge in [0.2, 0.25) is 0 Å². The molecular weight excluding hydrogens is 312 g/mol. The Balaban J connectivity index is 1.64. The third-order valence-electron chi connectivity index (χ3n) is 3.82. The number of anilines is 2. The molecule has 0 aliphatic heterocycles. The van der Waals surface area contributed by atoms with Crippen molar-refractivity contribution in [1.82, 2.24) is 15.3 Å². The molecule has 2 aromatic heterocycles. The van der Waals surface area contributed by atoms with Gasteiger partial charge < -0.3 is 10.6 Å². The molecule has 3 rings (SSSR count). The molecule has 5 heteroatoms. The van der Waals surface area contributed by atoms with Crippen molar-refractivity contribution in [1.29, 1.82) is 0 Å². The molecule has 2 heterocycles. The Bertz CT molecular complexity index is 832. The zero-order chi connectivity index (χ0) is 17.5. The molecule has 1 amide bonds. The number of nitrogens with zero attached hydrogens (tertiary/aromatic N) is 2. The lowest BCUT2D eigenvalue weighted by atomic mass is 10.1. The number of rotatable bonds is 6. The highest BCUT2D eigenvalue weighted by molar-refractivity contribution is 5.93. The van der Waals surface area contributed by atoms with Gasteiger partial charge in [-0.2, -0.15) is 0 Å². The summed E-state index contributed by atoms with van der Waals surface area (Å²) in [6.07, 6.45) is 6.07. The molecule has 0 atom stereocenters. The fourth-order valence-electron chi connectivity index (χ4n) is 2.40. The molecular formula is C20H20N4O. The lowest BCUT2D eigenvalue weighted by Gasteiger charge is -2.09. The van der Waals surface area contributed by atoms with Gasteiger partial charge in [-0.15, -0.1) is 0 Å². The first-order valence-corrected chi connectivity index (χ1v) is 8.23. The Labute approximate surface area is 147 Å². The van der Waals surface area contributed by atoms with Crippen molar-refractivity contribution in [3.63, 3.8) is 0 Å². The molecule has 0 radical (unpaired) electrons. The number of carbonyl (C=O) groups excluding carboxylic acids is 1. The van der Waals surface area contributed by atoms with Crippen LogP contribution in [0.3, 0.4) is 0 Å². The van der Waals surface area contributed by atoms with E-state index in [0.29, 0.717) is 12.2 Å². The topological polar surface area (TPSA) is 66.9 Å². The van der Waals surface area contributed by atoms with Crippen LogP contribution in [0, 0.1) is 0 Å². The molecule has 0 saturated heterocycles. The van der Waals surface area contributed by atoms with E-state index in [9.17, 15) is 4.79 Å². The predicted octanol–water partition coefficient (Wildman–Crippen LogP) is 3.71. The second kappa shape index (κ2) is 8.06. The van der Waals surface area contributed by atoms with Crippen LogP contribution in [-0.2, 0) is 13.0 Å². The number of pyridine rings is 2. The van der Waals surface area contributed by atoms with Crippen LogP contribution in [0.2, 0.25) is 0 Å². The molecule has 5 nitrogen and oxygen atoms in total. The van der Waals surface area contributed by atoms with E-state index in [0.717, 1.165) is 23.4 Å². The maximum absolute atomic E-state index is 12.3. The SMILES string of the molecule is CCc1ccc(Nc2ccnc(C(=O)NCc3cccnc3)c2)cc1. The molecule has 126 valence electrons. The fourth-order valence-corrected chi connectivity index (χ4v) is 2.40. The van der Waals surface area contributed by atoms with Crippen molar-refractivity contribution in [2.45, 2.75) is 19.9 Å². The van der Waals surface area contributed by atoms with E-state index in [-0.39, 0.29) is 5.91 Å². The van der Waals surface area contributed by atoms with Gasteiger partial charge in [0.15, 0.2) is 0 Å². The zero-order valence-electron chi connectivity index (χ0n) is 14.1. The Morgan fingerprint density at radius 1 is 1.00 bits per heavy atom. The first-order chi connectivity index (χ1) is 12.2. The summed E-state index contributed by atoms with van der Waals surface area (Å²) in [6.45, 7) is 2.55. The quantitative estimate of drug-likeness (QED) is 0.722. The summed E-state index contributed by atoms with van der Waals surface area (Å²) in [6, 6.07) is 15.6. The van der Waals surface area contributed by atoms with Crippen molar-refractivity contribution in [3.8, 4) is 0 Å². The number of hydrogen-bond donors (Lipinski definition) is 2. The van der Waals surface area contributed by atoms with Gasteiger partial charge in [0.05, 0.1) is 0 Å². The van der Waals surface area contributed by atoms with Crippen LogP contribution in [0.1, 0.15) is 28.5 Å². The van der Waals surface area contributed by atoms with Gasteiger partial charge in [-0.05, 0) is 47.9 Å². The number of aryl methyl sites for hydroxylation is 1. The van der Waals surface area contributed by atoms with Crippen molar-refractivity contribution >= 4 is 17.3 Å². The maximum Gasteiger partial charge on any atom is 0.270 e. The standard InChI is InChI=1S/C20H20N4O/c1-2-15-5-7-17(8-6-15)24-18-9-11-22-19(12-18)20(25)23-14-16-4-3-10-21-13-16/h3-13H,2,14H2,1H3,(H,22,24)(H,23,25). The number of aromatic nitrogens is 2. The molecule has 3 aromatic rings. The first kappa shape index (κ1) is 16.6. The van der Waals surface area contributed by atoms with Crippen LogP contribution in [0.25, 0.3) is 0 Å². The summed E-state index contributed by atoms with van der Waals surface area (Å²) in [7, 11) is 0. The number of carbonyl (C=O) groups is 1. The summed E-state index contributed by atoms with van der Waals surface area (Å²) in [5, 5.41) is 6.15. The maximum atomic E-state index is 12.3. The molecule has 2 N–H and O–H groups in total. The van der Waals surface area contributed by atoms with Crippen LogP contribution in [0.15, 0.2) is 67.1 Å². The number of nitrogens with one attached hydrogen (secondary N) is 2. The van der Waals surface area contributed by atoms with E-state index in [1.54, 1.807) is 24.7 Å². The van der Waals surface area contributed by atoms with Crippen molar-refractivity contribution in [2.24, 2.45) is 0 Å². The number of benzene rings is 1. The molecule has 0 saturated carbocycles. The van der Waals surface area contributed by atoms with Gasteiger partial charge >= 0.3 is 0 Å². The minimum atomic E-state index is -0.214. The third-order valence-corrected chi connectivity index (χ3v) is 3.82. The van der Waals surface area contributed by atoms with Crippen LogP contribution in [-0.4, -0.2) is 15.9 Å². The van der Waals surface area contributed by atoms with E-state index < -0.39 is 0 Å². The monoisotopic (exact) mass is 332 g/mol. The molecule has 0 aliphatic rings. The van der Waals surface area contributed by atoms with Gasteiger partial charge in [0.1, 0.15) is 5.69 Å². The lowest BCUT2D eigenvalue weighted by Crippen LogP contribution is -2.23. The predicted molar refractivity (Wildman–Crippen MR) is 98.7 cm³/mol. The van der Waals surface area contributed by atoms with E-state index >= 15 is 0 Å². The Morgan fingerprint density at radius 3 is 2.56 bits per heavy atom. The number of hydrogen-bond acceptors (Lipinski definition) is 4. The summed E-state index contributed by atoms with van der Waals surface area (Å²) in [5.41, 5.74) is 4.41. The van der Waals surface area contributed by atoms with Crippen LogP contribution >= 0.6 is 0 Å². The van der Waals surface area contributed by atoms with Gasteiger partial charge in [-0.1, -0.05) is 25.1 Å². The average molecular weight is 332 g/mol. The normalized spacial score (nSPS) is 10.3. The molecule has 0 bridgehead atoms. The summed E-state index contributed by atoms with van der Waals surface area (Å²) in [4.78, 5) is 20.5. The molecule has 0 aliphatic carbocycles. The minimum absolute atomic E-state index is 0.214. The minimum Gasteiger partial charge on any atom is -0.355 e. The van der Waals surface area contributed by atoms with Gasteiger partial charge in [0.25, 0.3) is 5.91 Å². The highest BCUT2D eigenvalue weighted by Crippen LogP contribution is 2.17. The molecule has 25 heavy (non-hydrogen) atoms. The third kappa shape index (κ3) is 4.64. The molecule has 0 spiro atoms. The fraction of sp³-hybridized carbons (Fsp3) is 0.150. The average Bonchev–Trinajstić information content (AvgIpc) is 2.68. The number of amides is 1. The molecule has 0 fully saturated rings. The van der Waals surface area contributed by atoms with Crippen molar-refractivity contribution in [3.05, 3.63) is 83.9 Å². The highest BCUT2D eigenvalue weighted by Gasteiger charge is 2.08. The Hall–Kier alpha value is -3.21. The van der Waals surface area contributed by atoms with Gasteiger partial charge in [-0.25, -0.2) is 0 Å². The smallest absolute Gasteiger partial charge is 0.270 e. The van der Waals surface area contributed by atoms with Gasteiger partial charge in [-0.3, -0.25) is 14.8 Å². The van der Waals surface area contributed by atoms with Crippen LogP contribution in [0.5, 0.6) is 0 Å². The summed E-state index contributed by atoms with van der Waals surface area (Å²) in [5.74, 6) is -0.214. The summed E-state index contributed by atoms with van der Waals surface area (Å²) >= 11 is 0. The second-order valence-electron chi connectivity index (χ2n) is 5.65.